The lowest BCUT2D eigenvalue weighted by Crippen LogP contribution is -2.41. The molecule has 0 fully saturated rings. The number of carbonyl (C=O) groups excluding carboxylic acids is 2. The number of amides is 1. The van der Waals surface area contributed by atoms with Gasteiger partial charge in [-0.3, -0.25) is 4.79 Å². The van der Waals surface area contributed by atoms with Gasteiger partial charge in [-0.25, -0.2) is 9.78 Å². The molecule has 25 heavy (non-hydrogen) atoms. The highest BCUT2D eigenvalue weighted by molar-refractivity contribution is 7.98. The molecule has 0 aliphatic rings. The van der Waals surface area contributed by atoms with Crippen molar-refractivity contribution in [2.24, 2.45) is 0 Å². The van der Waals surface area contributed by atoms with Crippen molar-refractivity contribution in [3.63, 3.8) is 0 Å². The van der Waals surface area contributed by atoms with Crippen LogP contribution in [0, 0.1) is 0 Å². The molecule has 1 atom stereocenters. The normalized spacial score (nSPS) is 11.6. The molecule has 0 radical (unpaired) electrons. The first-order valence-electron chi connectivity index (χ1n) is 7.83. The maximum atomic E-state index is 12.5. The third-order valence-electron chi connectivity index (χ3n) is 3.55. The molecule has 0 saturated heterocycles. The Hall–Kier alpha value is -2.48. The average molecular weight is 362 g/mol. The summed E-state index contributed by atoms with van der Waals surface area (Å²) in [6.07, 6.45) is 5.89. The number of imidazole rings is 1. The minimum Gasteiger partial charge on any atom is -0.467 e. The summed E-state index contributed by atoms with van der Waals surface area (Å²) in [5.41, 5.74) is 2.15. The molecule has 0 unspecified atom stereocenters. The molecule has 1 amide bonds. The molecular weight excluding hydrogens is 340 g/mol. The molecule has 0 saturated carbocycles. The highest BCUT2D eigenvalue weighted by Crippen LogP contribution is 2.12. The maximum Gasteiger partial charge on any atom is 0.328 e. The van der Waals surface area contributed by atoms with Crippen LogP contribution in [0.4, 0.5) is 5.69 Å². The van der Waals surface area contributed by atoms with E-state index in [1.807, 2.05) is 12.3 Å². The minimum atomic E-state index is -0.648. The van der Waals surface area contributed by atoms with Gasteiger partial charge in [-0.2, -0.15) is 11.8 Å². The van der Waals surface area contributed by atoms with E-state index in [2.05, 4.69) is 20.6 Å². The standard InChI is InChI=1S/C17H22N4O3S/c1-24-17(23)15(6-7-25-2)21-16(22)12-4-3-5-13(8-12)19-10-14-9-18-11-20-14/h3-5,8-9,11,15,19H,6-7,10H2,1-2H3,(H,18,20)(H,21,22)/t15-/m0/s1. The lowest BCUT2D eigenvalue weighted by Gasteiger charge is -2.16. The van der Waals surface area contributed by atoms with Gasteiger partial charge in [-0.15, -0.1) is 0 Å². The number of hydrogen-bond acceptors (Lipinski definition) is 6. The van der Waals surface area contributed by atoms with Gasteiger partial charge < -0.3 is 20.4 Å². The van der Waals surface area contributed by atoms with Crippen LogP contribution in [-0.4, -0.2) is 47.0 Å². The number of aromatic amines is 1. The Kier molecular flexibility index (Phi) is 7.34. The van der Waals surface area contributed by atoms with E-state index >= 15 is 0 Å². The Morgan fingerprint density at radius 3 is 2.92 bits per heavy atom. The number of thioether (sulfide) groups is 1. The molecule has 1 aromatic heterocycles. The Labute approximate surface area is 150 Å². The van der Waals surface area contributed by atoms with Crippen LogP contribution in [0.2, 0.25) is 0 Å². The quantitative estimate of drug-likeness (QED) is 0.591. The summed E-state index contributed by atoms with van der Waals surface area (Å²) in [6, 6.07) is 6.46. The van der Waals surface area contributed by atoms with Crippen molar-refractivity contribution in [1.82, 2.24) is 15.3 Å². The first kappa shape index (κ1) is 18.9. The largest absolute Gasteiger partial charge is 0.467 e. The fourth-order valence-corrected chi connectivity index (χ4v) is 2.69. The Morgan fingerprint density at radius 2 is 2.24 bits per heavy atom. The third-order valence-corrected chi connectivity index (χ3v) is 4.20. The molecule has 0 aliphatic heterocycles. The smallest absolute Gasteiger partial charge is 0.328 e. The summed E-state index contributed by atoms with van der Waals surface area (Å²) in [7, 11) is 1.32. The van der Waals surface area contributed by atoms with Crippen molar-refractivity contribution in [2.75, 3.05) is 24.4 Å². The number of benzene rings is 1. The first-order chi connectivity index (χ1) is 12.1. The number of rotatable bonds is 9. The van der Waals surface area contributed by atoms with Gasteiger partial charge in [0.1, 0.15) is 6.04 Å². The second-order valence-electron chi connectivity index (χ2n) is 5.33. The van der Waals surface area contributed by atoms with Gasteiger partial charge in [0.15, 0.2) is 0 Å². The number of esters is 1. The van der Waals surface area contributed by atoms with Gasteiger partial charge in [-0.1, -0.05) is 6.07 Å². The fourth-order valence-electron chi connectivity index (χ4n) is 2.22. The van der Waals surface area contributed by atoms with E-state index in [0.717, 1.165) is 17.1 Å². The van der Waals surface area contributed by atoms with Gasteiger partial charge in [0, 0.05) is 17.4 Å². The number of aromatic nitrogens is 2. The Bertz CT molecular complexity index is 691. The molecule has 1 aromatic carbocycles. The summed E-state index contributed by atoms with van der Waals surface area (Å²) in [5.74, 6) is 0.0146. The third kappa shape index (κ3) is 5.82. The van der Waals surface area contributed by atoms with E-state index < -0.39 is 12.0 Å². The van der Waals surface area contributed by atoms with Crippen LogP contribution in [0.3, 0.4) is 0 Å². The summed E-state index contributed by atoms with van der Waals surface area (Å²) >= 11 is 1.61. The summed E-state index contributed by atoms with van der Waals surface area (Å²) in [6.45, 7) is 0.549. The summed E-state index contributed by atoms with van der Waals surface area (Å²) in [4.78, 5) is 31.3. The zero-order valence-electron chi connectivity index (χ0n) is 14.2. The van der Waals surface area contributed by atoms with Gasteiger partial charge in [0.25, 0.3) is 5.91 Å². The SMILES string of the molecule is COC(=O)[C@H](CCSC)NC(=O)c1cccc(NCc2c[nH]cn2)c1. The summed E-state index contributed by atoms with van der Waals surface area (Å²) < 4.78 is 4.76. The number of H-pyrrole nitrogens is 1. The van der Waals surface area contributed by atoms with Gasteiger partial charge in [0.05, 0.1) is 25.7 Å². The molecule has 0 bridgehead atoms. The highest BCUT2D eigenvalue weighted by atomic mass is 32.2. The monoisotopic (exact) mass is 362 g/mol. The predicted octanol–water partition coefficient (Wildman–Crippen LogP) is 2.05. The summed E-state index contributed by atoms with van der Waals surface area (Å²) in [5, 5.41) is 5.95. The molecule has 1 heterocycles. The second kappa shape index (κ2) is 9.73. The Balaban J connectivity index is 1.99. The van der Waals surface area contributed by atoms with Crippen LogP contribution in [0.5, 0.6) is 0 Å². The van der Waals surface area contributed by atoms with Crippen LogP contribution in [-0.2, 0) is 16.1 Å². The van der Waals surface area contributed by atoms with E-state index in [-0.39, 0.29) is 5.91 Å². The predicted molar refractivity (Wildman–Crippen MR) is 98.6 cm³/mol. The Morgan fingerprint density at radius 1 is 1.40 bits per heavy atom. The molecule has 8 heteroatoms. The van der Waals surface area contributed by atoms with E-state index in [0.29, 0.717) is 18.5 Å². The number of nitrogens with zero attached hydrogens (tertiary/aromatic N) is 1. The number of methoxy groups -OCH3 is 1. The van der Waals surface area contributed by atoms with Crippen molar-refractivity contribution in [3.8, 4) is 0 Å². The number of anilines is 1. The molecule has 0 spiro atoms. The van der Waals surface area contributed by atoms with Crippen LogP contribution in [0.25, 0.3) is 0 Å². The van der Waals surface area contributed by atoms with Crippen molar-refractivity contribution in [1.29, 1.82) is 0 Å². The van der Waals surface area contributed by atoms with E-state index in [9.17, 15) is 9.59 Å². The topological polar surface area (TPSA) is 96.1 Å². The average Bonchev–Trinajstić information content (AvgIpc) is 3.16. The molecule has 134 valence electrons. The second-order valence-corrected chi connectivity index (χ2v) is 6.31. The number of carbonyl (C=O) groups is 2. The van der Waals surface area contributed by atoms with Gasteiger partial charge >= 0.3 is 5.97 Å². The molecular formula is C17H22N4O3S. The molecule has 3 N–H and O–H groups in total. The highest BCUT2D eigenvalue weighted by Gasteiger charge is 2.21. The molecule has 2 rings (SSSR count). The van der Waals surface area contributed by atoms with E-state index in [1.54, 1.807) is 42.5 Å². The zero-order chi connectivity index (χ0) is 18.1. The fraction of sp³-hybridized carbons (Fsp3) is 0.353. The van der Waals surface area contributed by atoms with Crippen LogP contribution < -0.4 is 10.6 Å². The van der Waals surface area contributed by atoms with E-state index in [4.69, 9.17) is 4.74 Å². The lowest BCUT2D eigenvalue weighted by atomic mass is 10.1. The zero-order valence-corrected chi connectivity index (χ0v) is 15.1. The van der Waals surface area contributed by atoms with E-state index in [1.165, 1.54) is 7.11 Å². The van der Waals surface area contributed by atoms with Gasteiger partial charge in [-0.05, 0) is 36.6 Å². The van der Waals surface area contributed by atoms with Crippen LogP contribution in [0.1, 0.15) is 22.5 Å². The van der Waals surface area contributed by atoms with Crippen LogP contribution in [0.15, 0.2) is 36.8 Å². The first-order valence-corrected chi connectivity index (χ1v) is 9.22. The minimum absolute atomic E-state index is 0.306. The van der Waals surface area contributed by atoms with Gasteiger partial charge in [0.2, 0.25) is 0 Å². The number of nitrogens with one attached hydrogen (secondary N) is 3. The number of hydrogen-bond donors (Lipinski definition) is 3. The maximum absolute atomic E-state index is 12.5. The van der Waals surface area contributed by atoms with Crippen molar-refractivity contribution < 1.29 is 14.3 Å². The van der Waals surface area contributed by atoms with Crippen molar-refractivity contribution in [3.05, 3.63) is 48.0 Å². The van der Waals surface area contributed by atoms with Crippen molar-refractivity contribution >= 4 is 29.3 Å². The number of ether oxygens (including phenoxy) is 1. The molecule has 0 aliphatic carbocycles. The van der Waals surface area contributed by atoms with Crippen molar-refractivity contribution in [2.45, 2.75) is 19.0 Å². The molecule has 7 nitrogen and oxygen atoms in total. The lowest BCUT2D eigenvalue weighted by molar-refractivity contribution is -0.142. The van der Waals surface area contributed by atoms with Crippen LogP contribution >= 0.6 is 11.8 Å². The molecule has 2 aromatic rings.